The maximum atomic E-state index is 13.2. The molecule has 0 aliphatic rings. The van der Waals surface area contributed by atoms with Gasteiger partial charge in [-0.25, -0.2) is 0 Å². The summed E-state index contributed by atoms with van der Waals surface area (Å²) in [6.45, 7) is 1.10. The number of hydrogen-bond donors (Lipinski definition) is 1. The Bertz CT molecular complexity index is 1130. The first-order valence-corrected chi connectivity index (χ1v) is 9.61. The van der Waals surface area contributed by atoms with Crippen LogP contribution in [0, 0.1) is 0 Å². The normalized spacial score (nSPS) is 11.0. The van der Waals surface area contributed by atoms with Crippen LogP contribution in [0.5, 0.6) is 5.75 Å². The molecule has 29 heavy (non-hydrogen) atoms. The lowest BCUT2D eigenvalue weighted by atomic mass is 10.1. The first-order valence-electron chi connectivity index (χ1n) is 9.61. The Hall–Kier alpha value is -3.54. The molecule has 4 aromatic rings. The van der Waals surface area contributed by atoms with Crippen LogP contribution in [0.3, 0.4) is 0 Å². The Labute approximate surface area is 169 Å². The number of aromatic nitrogens is 3. The van der Waals surface area contributed by atoms with E-state index < -0.39 is 0 Å². The van der Waals surface area contributed by atoms with E-state index in [9.17, 15) is 4.79 Å². The van der Waals surface area contributed by atoms with Gasteiger partial charge in [0.2, 0.25) is 0 Å². The Morgan fingerprint density at radius 3 is 2.83 bits per heavy atom. The van der Waals surface area contributed by atoms with Crippen molar-refractivity contribution in [2.24, 2.45) is 7.05 Å². The van der Waals surface area contributed by atoms with E-state index in [4.69, 9.17) is 4.74 Å². The number of nitrogens with one attached hydrogen (secondary N) is 1. The average molecular weight is 388 g/mol. The summed E-state index contributed by atoms with van der Waals surface area (Å²) in [6.07, 6.45) is 4.44. The molecule has 1 amide bonds. The number of ether oxygens (including phenoxy) is 1. The Kier molecular flexibility index (Phi) is 5.33. The van der Waals surface area contributed by atoms with Crippen LogP contribution in [0.1, 0.15) is 21.6 Å². The number of carbonyl (C=O) groups excluding carboxylic acids is 1. The minimum Gasteiger partial charge on any atom is -0.497 e. The Morgan fingerprint density at radius 1 is 1.17 bits per heavy atom. The number of amides is 1. The second-order valence-electron chi connectivity index (χ2n) is 7.03. The van der Waals surface area contributed by atoms with Gasteiger partial charge in [0.15, 0.2) is 0 Å². The first-order chi connectivity index (χ1) is 14.2. The number of hydrogen-bond acceptors (Lipinski definition) is 3. The molecule has 2 heterocycles. The lowest BCUT2D eigenvalue weighted by Gasteiger charge is -2.23. The number of benzene rings is 2. The lowest BCUT2D eigenvalue weighted by molar-refractivity contribution is 0.0734. The Balaban J connectivity index is 1.58. The Morgan fingerprint density at radius 2 is 2.03 bits per heavy atom. The van der Waals surface area contributed by atoms with E-state index in [-0.39, 0.29) is 5.91 Å². The van der Waals surface area contributed by atoms with E-state index >= 15 is 0 Å². The second-order valence-corrected chi connectivity index (χ2v) is 7.03. The summed E-state index contributed by atoms with van der Waals surface area (Å²) in [7, 11) is 3.44. The number of aromatic amines is 1. The van der Waals surface area contributed by atoms with Crippen LogP contribution in [-0.2, 0) is 20.0 Å². The van der Waals surface area contributed by atoms with Crippen LogP contribution < -0.4 is 4.74 Å². The molecule has 6 nitrogen and oxygen atoms in total. The van der Waals surface area contributed by atoms with Gasteiger partial charge in [-0.15, -0.1) is 0 Å². The molecule has 0 spiro atoms. The summed E-state index contributed by atoms with van der Waals surface area (Å²) >= 11 is 0. The molecular weight excluding hydrogens is 364 g/mol. The highest BCUT2D eigenvalue weighted by molar-refractivity contribution is 5.92. The van der Waals surface area contributed by atoms with Gasteiger partial charge in [0.1, 0.15) is 11.4 Å². The largest absolute Gasteiger partial charge is 0.497 e. The fourth-order valence-electron chi connectivity index (χ4n) is 3.58. The van der Waals surface area contributed by atoms with Gasteiger partial charge in [-0.1, -0.05) is 30.3 Å². The minimum absolute atomic E-state index is 0.0346. The van der Waals surface area contributed by atoms with Gasteiger partial charge in [0.25, 0.3) is 5.91 Å². The van der Waals surface area contributed by atoms with Crippen molar-refractivity contribution < 1.29 is 9.53 Å². The van der Waals surface area contributed by atoms with Gasteiger partial charge in [-0.05, 0) is 41.8 Å². The lowest BCUT2D eigenvalue weighted by Crippen LogP contribution is -2.33. The van der Waals surface area contributed by atoms with Crippen molar-refractivity contribution in [1.82, 2.24) is 19.7 Å². The van der Waals surface area contributed by atoms with Crippen LogP contribution in [-0.4, -0.2) is 39.2 Å². The fourth-order valence-corrected chi connectivity index (χ4v) is 3.58. The highest BCUT2D eigenvalue weighted by Gasteiger charge is 2.20. The molecule has 2 aromatic carbocycles. The van der Waals surface area contributed by atoms with Gasteiger partial charge in [0.05, 0.1) is 7.11 Å². The van der Waals surface area contributed by atoms with Gasteiger partial charge in [0, 0.05) is 43.4 Å². The SMILES string of the molecule is COc1cccc(CN(CCc2c[nH]c3ccccc23)C(=O)c2ccnn2C)c1. The third kappa shape index (κ3) is 4.01. The van der Waals surface area contributed by atoms with Crippen molar-refractivity contribution >= 4 is 16.8 Å². The van der Waals surface area contributed by atoms with Crippen molar-refractivity contribution in [2.75, 3.05) is 13.7 Å². The molecule has 0 atom stereocenters. The monoisotopic (exact) mass is 388 g/mol. The van der Waals surface area contributed by atoms with E-state index in [1.165, 1.54) is 10.9 Å². The molecular formula is C23H24N4O2. The van der Waals surface area contributed by atoms with Gasteiger partial charge in [-0.2, -0.15) is 5.10 Å². The summed E-state index contributed by atoms with van der Waals surface area (Å²) < 4.78 is 6.95. The number of carbonyl (C=O) groups is 1. The standard InChI is InChI=1S/C23H24N4O2/c1-26-22(10-12-25-26)23(28)27(16-17-6-5-7-19(14-17)29-2)13-11-18-15-24-21-9-4-3-8-20(18)21/h3-10,12,14-15,24H,11,13,16H2,1-2H3. The van der Waals surface area contributed by atoms with Crippen molar-refractivity contribution in [3.63, 3.8) is 0 Å². The molecule has 4 rings (SSSR count). The topological polar surface area (TPSA) is 63.1 Å². The number of aryl methyl sites for hydroxylation is 1. The molecule has 0 unspecified atom stereocenters. The number of methoxy groups -OCH3 is 1. The predicted molar refractivity (Wildman–Crippen MR) is 113 cm³/mol. The van der Waals surface area contributed by atoms with Crippen LogP contribution in [0.4, 0.5) is 0 Å². The van der Waals surface area contributed by atoms with E-state index in [1.807, 2.05) is 47.5 Å². The highest BCUT2D eigenvalue weighted by Crippen LogP contribution is 2.20. The number of para-hydroxylation sites is 1. The van der Waals surface area contributed by atoms with E-state index in [2.05, 4.69) is 22.2 Å². The van der Waals surface area contributed by atoms with E-state index in [1.54, 1.807) is 31.1 Å². The molecule has 6 heteroatoms. The summed E-state index contributed by atoms with van der Waals surface area (Å²) in [5, 5.41) is 5.35. The molecule has 0 radical (unpaired) electrons. The van der Waals surface area contributed by atoms with Crippen molar-refractivity contribution in [2.45, 2.75) is 13.0 Å². The molecule has 2 aromatic heterocycles. The van der Waals surface area contributed by atoms with Gasteiger partial charge < -0.3 is 14.6 Å². The smallest absolute Gasteiger partial charge is 0.272 e. The second kappa shape index (κ2) is 8.22. The number of H-pyrrole nitrogens is 1. The summed E-state index contributed by atoms with van der Waals surface area (Å²) in [5.74, 6) is 0.750. The fraction of sp³-hybridized carbons (Fsp3) is 0.217. The zero-order valence-corrected chi connectivity index (χ0v) is 16.6. The maximum Gasteiger partial charge on any atom is 0.272 e. The van der Waals surface area contributed by atoms with Gasteiger partial charge in [-0.3, -0.25) is 9.48 Å². The van der Waals surface area contributed by atoms with Crippen molar-refractivity contribution in [3.8, 4) is 5.75 Å². The first kappa shape index (κ1) is 18.8. The van der Waals surface area contributed by atoms with Crippen LogP contribution in [0.15, 0.2) is 67.0 Å². The third-order valence-corrected chi connectivity index (χ3v) is 5.16. The van der Waals surface area contributed by atoms with Crippen LogP contribution >= 0.6 is 0 Å². The zero-order valence-electron chi connectivity index (χ0n) is 16.6. The average Bonchev–Trinajstić information content (AvgIpc) is 3.37. The maximum absolute atomic E-state index is 13.2. The molecule has 148 valence electrons. The molecule has 0 aliphatic carbocycles. The molecule has 0 fully saturated rings. The molecule has 0 saturated carbocycles. The molecule has 0 saturated heterocycles. The zero-order chi connectivity index (χ0) is 20.2. The summed E-state index contributed by atoms with van der Waals surface area (Å²) in [6, 6.07) is 17.8. The highest BCUT2D eigenvalue weighted by atomic mass is 16.5. The van der Waals surface area contributed by atoms with Crippen LogP contribution in [0.25, 0.3) is 10.9 Å². The number of nitrogens with zero attached hydrogens (tertiary/aromatic N) is 3. The van der Waals surface area contributed by atoms with Gasteiger partial charge >= 0.3 is 0 Å². The molecule has 0 aliphatic heterocycles. The van der Waals surface area contributed by atoms with E-state index in [0.29, 0.717) is 18.8 Å². The van der Waals surface area contributed by atoms with Crippen LogP contribution in [0.2, 0.25) is 0 Å². The molecule has 1 N–H and O–H groups in total. The van der Waals surface area contributed by atoms with E-state index in [0.717, 1.165) is 23.3 Å². The predicted octanol–water partition coefficient (Wildman–Crippen LogP) is 3.80. The quantitative estimate of drug-likeness (QED) is 0.524. The number of fused-ring (bicyclic) bond motifs is 1. The summed E-state index contributed by atoms with van der Waals surface area (Å²) in [4.78, 5) is 18.4. The van der Waals surface area contributed by atoms with Crippen molar-refractivity contribution in [1.29, 1.82) is 0 Å². The summed E-state index contributed by atoms with van der Waals surface area (Å²) in [5.41, 5.74) is 3.92. The number of rotatable bonds is 7. The van der Waals surface area contributed by atoms with Crippen molar-refractivity contribution in [3.05, 3.63) is 83.8 Å². The molecule has 0 bridgehead atoms. The minimum atomic E-state index is -0.0346. The third-order valence-electron chi connectivity index (χ3n) is 5.16.